The van der Waals surface area contributed by atoms with Crippen molar-refractivity contribution in [2.24, 2.45) is 0 Å². The summed E-state index contributed by atoms with van der Waals surface area (Å²) in [5, 5.41) is 0. The van der Waals surface area contributed by atoms with Gasteiger partial charge >= 0.3 is 5.97 Å². The molecule has 0 radical (unpaired) electrons. The van der Waals surface area contributed by atoms with Crippen molar-refractivity contribution in [2.75, 3.05) is 19.8 Å². The average molecular weight is 421 g/mol. The van der Waals surface area contributed by atoms with Gasteiger partial charge in [0, 0.05) is 25.4 Å². The highest BCUT2D eigenvalue weighted by Gasteiger charge is 2.31. The Morgan fingerprint density at radius 2 is 2.00 bits per heavy atom. The summed E-state index contributed by atoms with van der Waals surface area (Å²) in [6.45, 7) is 6.76. The number of benzene rings is 1. The number of carbonyl (C=O) groups is 1. The van der Waals surface area contributed by atoms with E-state index >= 15 is 0 Å². The number of aromatic amines is 1. The van der Waals surface area contributed by atoms with Gasteiger partial charge in [-0.25, -0.2) is 13.2 Å². The topological polar surface area (TPSA) is 88.7 Å². The van der Waals surface area contributed by atoms with E-state index in [4.69, 9.17) is 9.47 Å². The fourth-order valence-corrected chi connectivity index (χ4v) is 5.08. The fourth-order valence-electron chi connectivity index (χ4n) is 3.61. The number of aryl methyl sites for hydroxylation is 1. The smallest absolute Gasteiger partial charge is 0.355 e. The monoisotopic (exact) mass is 420 g/mol. The molecular formula is C21H28N2O5S. The van der Waals surface area contributed by atoms with Gasteiger partial charge in [0.2, 0.25) is 10.0 Å². The molecule has 1 fully saturated rings. The van der Waals surface area contributed by atoms with Crippen LogP contribution in [-0.2, 0) is 26.0 Å². The van der Waals surface area contributed by atoms with Crippen LogP contribution in [0.1, 0.15) is 47.1 Å². The highest BCUT2D eigenvalue weighted by atomic mass is 32.2. The Morgan fingerprint density at radius 3 is 2.62 bits per heavy atom. The maximum atomic E-state index is 13.4. The lowest BCUT2D eigenvalue weighted by Crippen LogP contribution is -2.37. The van der Waals surface area contributed by atoms with Crippen LogP contribution in [0.3, 0.4) is 0 Å². The number of aromatic nitrogens is 1. The summed E-state index contributed by atoms with van der Waals surface area (Å²) in [4.78, 5) is 15.5. The van der Waals surface area contributed by atoms with Gasteiger partial charge in [0.05, 0.1) is 17.6 Å². The second-order valence-corrected chi connectivity index (χ2v) is 9.13. The second kappa shape index (κ2) is 9.11. The zero-order chi connectivity index (χ0) is 21.0. The number of hydrogen-bond donors (Lipinski definition) is 1. The molecule has 2 aromatic rings. The molecule has 8 heteroatoms. The third-order valence-electron chi connectivity index (χ3n) is 5.22. The molecule has 1 saturated heterocycles. The Morgan fingerprint density at radius 1 is 1.28 bits per heavy atom. The van der Waals surface area contributed by atoms with Crippen LogP contribution in [0, 0.1) is 13.8 Å². The van der Waals surface area contributed by atoms with Crippen molar-refractivity contribution in [3.05, 3.63) is 52.8 Å². The molecule has 1 aliphatic rings. The van der Waals surface area contributed by atoms with Gasteiger partial charge in [-0.1, -0.05) is 18.2 Å². The van der Waals surface area contributed by atoms with Gasteiger partial charge in [0.1, 0.15) is 5.69 Å². The summed E-state index contributed by atoms with van der Waals surface area (Å²) < 4.78 is 39.0. The summed E-state index contributed by atoms with van der Waals surface area (Å²) in [5.41, 5.74) is 2.62. The fraction of sp³-hybridized carbons (Fsp3) is 0.476. The number of H-pyrrole nitrogens is 1. The molecule has 0 amide bonds. The highest BCUT2D eigenvalue weighted by Crippen LogP contribution is 2.26. The molecule has 0 aliphatic carbocycles. The summed E-state index contributed by atoms with van der Waals surface area (Å²) in [6.07, 6.45) is 1.64. The number of nitrogens with zero attached hydrogens (tertiary/aromatic N) is 1. The van der Waals surface area contributed by atoms with Crippen molar-refractivity contribution in [2.45, 2.75) is 51.2 Å². The molecule has 2 heterocycles. The summed E-state index contributed by atoms with van der Waals surface area (Å²) >= 11 is 0. The van der Waals surface area contributed by atoms with E-state index in [9.17, 15) is 13.2 Å². The van der Waals surface area contributed by atoms with E-state index in [-0.39, 0.29) is 30.7 Å². The lowest BCUT2D eigenvalue weighted by atomic mass is 10.1. The van der Waals surface area contributed by atoms with Crippen molar-refractivity contribution in [1.29, 1.82) is 0 Å². The maximum absolute atomic E-state index is 13.4. The predicted molar refractivity (Wildman–Crippen MR) is 109 cm³/mol. The maximum Gasteiger partial charge on any atom is 0.355 e. The van der Waals surface area contributed by atoms with Gasteiger partial charge < -0.3 is 14.5 Å². The van der Waals surface area contributed by atoms with Crippen molar-refractivity contribution in [3.63, 3.8) is 0 Å². The van der Waals surface area contributed by atoms with Gasteiger partial charge in [-0.2, -0.15) is 4.31 Å². The van der Waals surface area contributed by atoms with Crippen molar-refractivity contribution in [3.8, 4) is 0 Å². The zero-order valence-electron chi connectivity index (χ0n) is 17.1. The van der Waals surface area contributed by atoms with Crippen molar-refractivity contribution in [1.82, 2.24) is 9.29 Å². The Kier molecular flexibility index (Phi) is 6.77. The number of hydrogen-bond acceptors (Lipinski definition) is 5. The number of carbonyl (C=O) groups excluding carboxylic acids is 1. The summed E-state index contributed by atoms with van der Waals surface area (Å²) in [5.74, 6) is -0.434. The molecule has 1 aromatic heterocycles. The van der Waals surface area contributed by atoms with Gasteiger partial charge in [0.15, 0.2) is 0 Å². The first-order valence-corrected chi connectivity index (χ1v) is 11.3. The lowest BCUT2D eigenvalue weighted by Gasteiger charge is -2.25. The number of rotatable bonds is 8. The van der Waals surface area contributed by atoms with Crippen molar-refractivity contribution >= 4 is 16.0 Å². The molecule has 1 N–H and O–H groups in total. The van der Waals surface area contributed by atoms with E-state index in [2.05, 4.69) is 4.98 Å². The first-order chi connectivity index (χ1) is 13.8. The number of esters is 1. The minimum absolute atomic E-state index is 0.127. The van der Waals surface area contributed by atoms with E-state index < -0.39 is 16.0 Å². The first-order valence-electron chi connectivity index (χ1n) is 9.86. The molecule has 158 valence electrons. The summed E-state index contributed by atoms with van der Waals surface area (Å²) in [6, 6.07) is 8.40. The standard InChI is InChI=1S/C21H28N2O5S/c1-4-27-21(24)20-15(2)19(16(3)22-20)14-23(13-17-9-8-12-28-17)29(25,26)18-10-6-5-7-11-18/h5-7,10-11,17,22H,4,8-9,12-14H2,1-3H3. The lowest BCUT2D eigenvalue weighted by molar-refractivity contribution is 0.0519. The molecule has 0 bridgehead atoms. The Labute approximate surface area is 172 Å². The normalized spacial score (nSPS) is 17.0. The minimum Gasteiger partial charge on any atom is -0.461 e. The molecule has 1 aromatic carbocycles. The minimum atomic E-state index is -3.72. The molecule has 0 spiro atoms. The number of sulfonamides is 1. The third-order valence-corrected chi connectivity index (χ3v) is 7.04. The van der Waals surface area contributed by atoms with Crippen molar-refractivity contribution < 1.29 is 22.7 Å². The molecular weight excluding hydrogens is 392 g/mol. The van der Waals surface area contributed by atoms with Crippen LogP contribution in [0.4, 0.5) is 0 Å². The van der Waals surface area contributed by atoms with E-state index in [0.717, 1.165) is 24.1 Å². The first kappa shape index (κ1) is 21.5. The Hall–Kier alpha value is -2.16. The van der Waals surface area contributed by atoms with Gasteiger partial charge in [-0.15, -0.1) is 0 Å². The molecule has 1 aliphatic heterocycles. The van der Waals surface area contributed by atoms with Gasteiger partial charge in [-0.3, -0.25) is 0 Å². The van der Waals surface area contributed by atoms with E-state index in [0.29, 0.717) is 17.9 Å². The number of ether oxygens (including phenoxy) is 2. The quantitative estimate of drug-likeness (QED) is 0.663. The molecule has 7 nitrogen and oxygen atoms in total. The van der Waals surface area contributed by atoms with E-state index in [1.807, 2.05) is 13.8 Å². The van der Waals surface area contributed by atoms with Gasteiger partial charge in [-0.05, 0) is 56.9 Å². The van der Waals surface area contributed by atoms with Gasteiger partial charge in [0.25, 0.3) is 0 Å². The van der Waals surface area contributed by atoms with Crippen LogP contribution in [0.2, 0.25) is 0 Å². The summed E-state index contributed by atoms with van der Waals surface area (Å²) in [7, 11) is -3.72. The molecule has 1 unspecified atom stereocenters. The van der Waals surface area contributed by atoms with Crippen LogP contribution in [0.25, 0.3) is 0 Å². The molecule has 1 atom stereocenters. The average Bonchev–Trinajstić information content (AvgIpc) is 3.31. The van der Waals surface area contributed by atoms with E-state index in [1.54, 1.807) is 37.3 Å². The molecule has 3 rings (SSSR count). The SMILES string of the molecule is CCOC(=O)c1[nH]c(C)c(CN(CC2CCCO2)S(=O)(=O)c2ccccc2)c1C. The van der Waals surface area contributed by atoms with E-state index in [1.165, 1.54) is 4.31 Å². The second-order valence-electron chi connectivity index (χ2n) is 7.19. The number of nitrogens with one attached hydrogen (secondary N) is 1. The third kappa shape index (κ3) is 4.71. The van der Waals surface area contributed by atoms with Crippen LogP contribution < -0.4 is 0 Å². The van der Waals surface area contributed by atoms with Crippen LogP contribution in [-0.4, -0.2) is 49.5 Å². The van der Waals surface area contributed by atoms with Crippen LogP contribution >= 0.6 is 0 Å². The predicted octanol–water partition coefficient (Wildman–Crippen LogP) is 3.18. The van der Waals surface area contributed by atoms with Crippen LogP contribution in [0.5, 0.6) is 0 Å². The molecule has 29 heavy (non-hydrogen) atoms. The Bertz CT molecular complexity index is 947. The largest absolute Gasteiger partial charge is 0.461 e. The Balaban J connectivity index is 1.94. The highest BCUT2D eigenvalue weighted by molar-refractivity contribution is 7.89. The molecule has 0 saturated carbocycles. The zero-order valence-corrected chi connectivity index (χ0v) is 17.9. The van der Waals surface area contributed by atoms with Crippen LogP contribution in [0.15, 0.2) is 35.2 Å².